The maximum absolute atomic E-state index is 13.0. The largest absolute Gasteiger partial charge is 0.492 e. The number of rotatable bonds is 7. The molecule has 1 aromatic carbocycles. The maximum atomic E-state index is 13.0. The summed E-state index contributed by atoms with van der Waals surface area (Å²) in [4.78, 5) is 5.01. The SMILES string of the molecule is Cc1ncsc1-c1nnc(C2CCCCN2S(=O)(=O)CCOc2ccccc2)o1. The van der Waals surface area contributed by atoms with Crippen LogP contribution in [-0.2, 0) is 10.0 Å². The molecule has 4 rings (SSSR count). The van der Waals surface area contributed by atoms with Crippen LogP contribution in [0.2, 0.25) is 0 Å². The Kier molecular flexibility index (Phi) is 5.93. The number of piperidine rings is 1. The summed E-state index contributed by atoms with van der Waals surface area (Å²) in [7, 11) is -3.53. The van der Waals surface area contributed by atoms with Crippen LogP contribution in [0.5, 0.6) is 5.75 Å². The monoisotopic (exact) mass is 434 g/mol. The molecule has 1 atom stereocenters. The molecule has 1 saturated heterocycles. The molecular weight excluding hydrogens is 412 g/mol. The van der Waals surface area contributed by atoms with Crippen LogP contribution in [0.1, 0.15) is 36.9 Å². The lowest BCUT2D eigenvalue weighted by molar-refractivity contribution is 0.218. The van der Waals surface area contributed by atoms with Crippen molar-refractivity contribution >= 4 is 21.4 Å². The molecule has 10 heteroatoms. The summed E-state index contributed by atoms with van der Waals surface area (Å²) in [6, 6.07) is 8.74. The molecule has 8 nitrogen and oxygen atoms in total. The van der Waals surface area contributed by atoms with E-state index in [1.54, 1.807) is 17.6 Å². The maximum Gasteiger partial charge on any atom is 0.259 e. The summed E-state index contributed by atoms with van der Waals surface area (Å²) in [5.74, 6) is 1.27. The minimum atomic E-state index is -3.53. The highest BCUT2D eigenvalue weighted by molar-refractivity contribution is 7.89. The number of ether oxygens (including phenoxy) is 1. The molecule has 154 valence electrons. The van der Waals surface area contributed by atoms with Crippen molar-refractivity contribution in [3.8, 4) is 16.5 Å². The first kappa shape index (κ1) is 20.0. The zero-order chi connectivity index (χ0) is 20.3. The number of aromatic nitrogens is 3. The minimum Gasteiger partial charge on any atom is -0.492 e. The smallest absolute Gasteiger partial charge is 0.259 e. The topological polar surface area (TPSA) is 98.4 Å². The van der Waals surface area contributed by atoms with Gasteiger partial charge in [0.25, 0.3) is 5.89 Å². The van der Waals surface area contributed by atoms with Gasteiger partial charge in [-0.2, -0.15) is 4.31 Å². The van der Waals surface area contributed by atoms with Crippen molar-refractivity contribution in [2.75, 3.05) is 18.9 Å². The lowest BCUT2D eigenvalue weighted by atomic mass is 10.1. The Morgan fingerprint density at radius 3 is 2.83 bits per heavy atom. The molecule has 29 heavy (non-hydrogen) atoms. The van der Waals surface area contributed by atoms with Gasteiger partial charge in [-0.25, -0.2) is 13.4 Å². The quantitative estimate of drug-likeness (QED) is 0.562. The standard InChI is InChI=1S/C19H22N4O4S2/c1-14-17(28-13-20-14)19-22-21-18(27-19)16-9-5-6-10-23(16)29(24,25)12-11-26-15-7-3-2-4-8-15/h2-4,7-8,13,16H,5-6,9-12H2,1H3. The van der Waals surface area contributed by atoms with Gasteiger partial charge in [0, 0.05) is 6.54 Å². The van der Waals surface area contributed by atoms with Gasteiger partial charge in [-0.15, -0.1) is 21.5 Å². The lowest BCUT2D eigenvalue weighted by Crippen LogP contribution is -2.41. The van der Waals surface area contributed by atoms with Crippen molar-refractivity contribution in [1.82, 2.24) is 19.5 Å². The molecule has 1 unspecified atom stereocenters. The molecule has 0 amide bonds. The molecule has 3 heterocycles. The van der Waals surface area contributed by atoms with Crippen LogP contribution in [0.3, 0.4) is 0 Å². The van der Waals surface area contributed by atoms with Gasteiger partial charge in [-0.05, 0) is 31.9 Å². The van der Waals surface area contributed by atoms with E-state index in [1.165, 1.54) is 15.6 Å². The van der Waals surface area contributed by atoms with Gasteiger partial charge in [0.15, 0.2) is 0 Å². The lowest BCUT2D eigenvalue weighted by Gasteiger charge is -2.32. The second-order valence-corrected chi connectivity index (χ2v) is 9.71. The van der Waals surface area contributed by atoms with E-state index in [4.69, 9.17) is 9.15 Å². The molecule has 1 aliphatic heterocycles. The Bertz CT molecular complexity index is 1050. The number of aryl methyl sites for hydroxylation is 1. The second kappa shape index (κ2) is 8.60. The number of benzene rings is 1. The van der Waals surface area contributed by atoms with E-state index < -0.39 is 16.1 Å². The number of thiazole rings is 1. The zero-order valence-corrected chi connectivity index (χ0v) is 17.7. The highest BCUT2D eigenvalue weighted by Crippen LogP contribution is 2.35. The van der Waals surface area contributed by atoms with E-state index in [0.29, 0.717) is 30.5 Å². The highest BCUT2D eigenvalue weighted by Gasteiger charge is 2.36. The molecule has 2 aromatic heterocycles. The van der Waals surface area contributed by atoms with E-state index in [0.717, 1.165) is 23.4 Å². The summed E-state index contributed by atoms with van der Waals surface area (Å²) in [5.41, 5.74) is 2.54. The second-order valence-electron chi connectivity index (χ2n) is 6.81. The van der Waals surface area contributed by atoms with Gasteiger partial charge >= 0.3 is 0 Å². The van der Waals surface area contributed by atoms with E-state index in [2.05, 4.69) is 15.2 Å². The van der Waals surface area contributed by atoms with Gasteiger partial charge in [-0.3, -0.25) is 0 Å². The summed E-state index contributed by atoms with van der Waals surface area (Å²) in [6.07, 6.45) is 2.38. The number of sulfonamides is 1. The third-order valence-electron chi connectivity index (χ3n) is 4.83. The fourth-order valence-electron chi connectivity index (χ4n) is 3.35. The molecule has 0 spiro atoms. The van der Waals surface area contributed by atoms with Crippen molar-refractivity contribution in [2.45, 2.75) is 32.2 Å². The normalized spacial score (nSPS) is 18.0. The third kappa shape index (κ3) is 4.49. The molecule has 1 fully saturated rings. The van der Waals surface area contributed by atoms with Crippen LogP contribution < -0.4 is 4.74 Å². The Balaban J connectivity index is 1.48. The molecule has 0 N–H and O–H groups in total. The Morgan fingerprint density at radius 1 is 1.24 bits per heavy atom. The molecule has 0 radical (unpaired) electrons. The first-order valence-electron chi connectivity index (χ1n) is 9.46. The van der Waals surface area contributed by atoms with Crippen molar-refractivity contribution in [2.24, 2.45) is 0 Å². The van der Waals surface area contributed by atoms with E-state index in [1.807, 2.05) is 25.1 Å². The predicted octanol–water partition coefficient (Wildman–Crippen LogP) is 3.44. The number of hydrogen-bond donors (Lipinski definition) is 0. The van der Waals surface area contributed by atoms with E-state index >= 15 is 0 Å². The van der Waals surface area contributed by atoms with Crippen LogP contribution in [0.25, 0.3) is 10.8 Å². The molecular formula is C19H22N4O4S2. The van der Waals surface area contributed by atoms with Crippen molar-refractivity contribution in [3.05, 3.63) is 47.4 Å². The molecule has 0 aliphatic carbocycles. The number of para-hydroxylation sites is 1. The van der Waals surface area contributed by atoms with Crippen LogP contribution in [0, 0.1) is 6.92 Å². The van der Waals surface area contributed by atoms with Crippen LogP contribution in [0.15, 0.2) is 40.3 Å². The zero-order valence-electron chi connectivity index (χ0n) is 16.0. The fourth-order valence-corrected chi connectivity index (χ4v) is 5.59. The Hall–Kier alpha value is -2.30. The molecule has 0 bridgehead atoms. The minimum absolute atomic E-state index is 0.0880. The summed E-state index contributed by atoms with van der Waals surface area (Å²) in [6.45, 7) is 2.40. The van der Waals surface area contributed by atoms with Crippen molar-refractivity contribution in [1.29, 1.82) is 0 Å². The average Bonchev–Trinajstić information content (AvgIpc) is 3.37. The summed E-state index contributed by atoms with van der Waals surface area (Å²) in [5, 5.41) is 8.27. The first-order chi connectivity index (χ1) is 14.0. The van der Waals surface area contributed by atoms with Crippen LogP contribution >= 0.6 is 11.3 Å². The van der Waals surface area contributed by atoms with E-state index in [9.17, 15) is 8.42 Å². The van der Waals surface area contributed by atoms with Gasteiger partial charge in [0.05, 0.1) is 17.0 Å². The summed E-state index contributed by atoms with van der Waals surface area (Å²) >= 11 is 1.42. The van der Waals surface area contributed by atoms with Crippen molar-refractivity contribution in [3.63, 3.8) is 0 Å². The van der Waals surface area contributed by atoms with Crippen molar-refractivity contribution < 1.29 is 17.6 Å². The Morgan fingerprint density at radius 2 is 2.07 bits per heavy atom. The fraction of sp³-hybridized carbons (Fsp3) is 0.421. The first-order valence-corrected chi connectivity index (χ1v) is 11.9. The highest BCUT2D eigenvalue weighted by atomic mass is 32.2. The van der Waals surface area contributed by atoms with E-state index in [-0.39, 0.29) is 12.4 Å². The third-order valence-corrected chi connectivity index (χ3v) is 7.58. The van der Waals surface area contributed by atoms with Gasteiger partial charge in [-0.1, -0.05) is 24.6 Å². The summed E-state index contributed by atoms with van der Waals surface area (Å²) < 4.78 is 38.9. The van der Waals surface area contributed by atoms with Crippen LogP contribution in [-0.4, -0.2) is 46.8 Å². The van der Waals surface area contributed by atoms with Crippen LogP contribution in [0.4, 0.5) is 0 Å². The average molecular weight is 435 g/mol. The molecule has 0 saturated carbocycles. The number of hydrogen-bond acceptors (Lipinski definition) is 8. The van der Waals surface area contributed by atoms with Gasteiger partial charge < -0.3 is 9.15 Å². The molecule has 3 aromatic rings. The van der Waals surface area contributed by atoms with Gasteiger partial charge in [0.1, 0.15) is 23.3 Å². The molecule has 1 aliphatic rings. The predicted molar refractivity (Wildman–Crippen MR) is 109 cm³/mol. The number of nitrogens with zero attached hydrogens (tertiary/aromatic N) is 4. The Labute approximate surface area is 173 Å². The van der Waals surface area contributed by atoms with Gasteiger partial charge in [0.2, 0.25) is 15.9 Å².